The first-order valence-corrected chi connectivity index (χ1v) is 11.4. The molecule has 0 spiro atoms. The number of aromatic nitrogens is 1. The van der Waals surface area contributed by atoms with Crippen LogP contribution in [0.5, 0.6) is 0 Å². The second kappa shape index (κ2) is 9.08. The van der Waals surface area contributed by atoms with Crippen molar-refractivity contribution in [1.29, 1.82) is 0 Å². The maximum atomic E-state index is 15.5. The van der Waals surface area contributed by atoms with Gasteiger partial charge in [-0.25, -0.2) is 18.6 Å². The van der Waals surface area contributed by atoms with Crippen molar-refractivity contribution in [3.05, 3.63) is 53.7 Å². The van der Waals surface area contributed by atoms with Gasteiger partial charge in [0.1, 0.15) is 23.1 Å². The SMILES string of the molecule is Cc1cccc(F)c1-c1cc(NC2CCN(C(=O)OC(C)(C)C)CC2)c2cc(N)ncc2c1F. The molecule has 1 aliphatic rings. The van der Waals surface area contributed by atoms with Crippen molar-refractivity contribution in [2.75, 3.05) is 24.1 Å². The molecule has 0 unspecified atom stereocenters. The fourth-order valence-electron chi connectivity index (χ4n) is 4.33. The summed E-state index contributed by atoms with van der Waals surface area (Å²) in [5.74, 6) is -0.760. The van der Waals surface area contributed by atoms with Crippen LogP contribution in [0, 0.1) is 18.6 Å². The Morgan fingerprint density at radius 3 is 2.53 bits per heavy atom. The standard InChI is InChI=1S/C26H30F2N4O2/c1-15-6-5-7-20(27)23(15)18-12-21(17-13-22(29)30-14-19(17)24(18)28)31-16-8-10-32(11-9-16)25(33)34-26(2,3)4/h5-7,12-14,16,31H,8-11H2,1-4H3,(H2,29,30). The van der Waals surface area contributed by atoms with Crippen LogP contribution >= 0.6 is 0 Å². The van der Waals surface area contributed by atoms with Crippen LogP contribution in [-0.2, 0) is 4.74 Å². The van der Waals surface area contributed by atoms with Gasteiger partial charge in [0.15, 0.2) is 0 Å². The Morgan fingerprint density at radius 2 is 1.88 bits per heavy atom. The van der Waals surface area contributed by atoms with Crippen molar-refractivity contribution in [2.24, 2.45) is 0 Å². The molecule has 180 valence electrons. The third-order valence-corrected chi connectivity index (χ3v) is 5.97. The first-order valence-electron chi connectivity index (χ1n) is 11.4. The summed E-state index contributed by atoms with van der Waals surface area (Å²) < 4.78 is 35.8. The Morgan fingerprint density at radius 1 is 1.18 bits per heavy atom. The van der Waals surface area contributed by atoms with Gasteiger partial charge in [-0.15, -0.1) is 0 Å². The molecule has 1 aromatic heterocycles. The van der Waals surface area contributed by atoms with Crippen LogP contribution in [-0.4, -0.2) is 40.7 Å². The second-order valence-corrected chi connectivity index (χ2v) is 9.76. The summed E-state index contributed by atoms with van der Waals surface area (Å²) >= 11 is 0. The third-order valence-electron chi connectivity index (χ3n) is 5.97. The lowest BCUT2D eigenvalue weighted by atomic mass is 9.95. The number of pyridine rings is 1. The van der Waals surface area contributed by atoms with Gasteiger partial charge in [-0.3, -0.25) is 0 Å². The molecular formula is C26H30F2N4O2. The molecule has 0 radical (unpaired) electrons. The smallest absolute Gasteiger partial charge is 0.410 e. The highest BCUT2D eigenvalue weighted by atomic mass is 19.1. The fourth-order valence-corrected chi connectivity index (χ4v) is 4.33. The van der Waals surface area contributed by atoms with E-state index in [0.717, 1.165) is 0 Å². The zero-order valence-electron chi connectivity index (χ0n) is 19.9. The predicted octanol–water partition coefficient (Wildman–Crippen LogP) is 5.88. The van der Waals surface area contributed by atoms with Crippen LogP contribution in [0.25, 0.3) is 21.9 Å². The summed E-state index contributed by atoms with van der Waals surface area (Å²) in [6, 6.07) is 7.98. The Hall–Kier alpha value is -3.42. The molecule has 2 heterocycles. The molecule has 0 atom stereocenters. The van der Waals surface area contributed by atoms with Crippen molar-refractivity contribution >= 4 is 28.4 Å². The normalized spacial score (nSPS) is 14.9. The number of anilines is 2. The number of amides is 1. The van der Waals surface area contributed by atoms with E-state index >= 15 is 4.39 Å². The number of rotatable bonds is 3. The van der Waals surface area contributed by atoms with Crippen LogP contribution in [0.4, 0.5) is 25.1 Å². The van der Waals surface area contributed by atoms with Gasteiger partial charge in [0.05, 0.1) is 0 Å². The Bertz CT molecular complexity index is 1210. The first kappa shape index (κ1) is 23.7. The second-order valence-electron chi connectivity index (χ2n) is 9.76. The van der Waals surface area contributed by atoms with Gasteiger partial charge in [0.25, 0.3) is 0 Å². The largest absolute Gasteiger partial charge is 0.444 e. The number of hydrogen-bond donors (Lipinski definition) is 2. The number of nitrogens with one attached hydrogen (secondary N) is 1. The van der Waals surface area contributed by atoms with Gasteiger partial charge in [-0.05, 0) is 64.3 Å². The minimum absolute atomic E-state index is 0.0382. The quantitative estimate of drug-likeness (QED) is 0.502. The zero-order valence-corrected chi connectivity index (χ0v) is 19.9. The molecule has 0 aliphatic carbocycles. The number of carbonyl (C=O) groups excluding carboxylic acids is 1. The van der Waals surface area contributed by atoms with Gasteiger partial charge in [-0.1, -0.05) is 12.1 Å². The molecule has 3 aromatic rings. The summed E-state index contributed by atoms with van der Waals surface area (Å²) in [6.07, 6.45) is 2.43. The van der Waals surface area contributed by atoms with Gasteiger partial charge in [-0.2, -0.15) is 0 Å². The van der Waals surface area contributed by atoms with Crippen LogP contribution in [0.2, 0.25) is 0 Å². The number of carbonyl (C=O) groups is 1. The number of halogens is 2. The number of benzene rings is 2. The number of nitrogen functional groups attached to an aromatic ring is 1. The van der Waals surface area contributed by atoms with Gasteiger partial charge in [0.2, 0.25) is 0 Å². The van der Waals surface area contributed by atoms with E-state index in [9.17, 15) is 9.18 Å². The Balaban J connectivity index is 1.65. The molecule has 1 fully saturated rings. The molecule has 1 amide bonds. The molecule has 2 aromatic carbocycles. The summed E-state index contributed by atoms with van der Waals surface area (Å²) in [6.45, 7) is 8.35. The Labute approximate surface area is 198 Å². The number of ether oxygens (including phenoxy) is 1. The molecular weight excluding hydrogens is 438 g/mol. The zero-order chi connectivity index (χ0) is 24.6. The number of nitrogens with two attached hydrogens (primary N) is 1. The van der Waals surface area contributed by atoms with E-state index in [-0.39, 0.29) is 34.5 Å². The molecule has 3 N–H and O–H groups in total. The average Bonchev–Trinajstić information content (AvgIpc) is 2.75. The number of hydrogen-bond acceptors (Lipinski definition) is 5. The van der Waals surface area contributed by atoms with E-state index < -0.39 is 17.2 Å². The minimum Gasteiger partial charge on any atom is -0.444 e. The van der Waals surface area contributed by atoms with Crippen molar-refractivity contribution in [3.8, 4) is 11.1 Å². The van der Waals surface area contributed by atoms with Crippen molar-refractivity contribution in [2.45, 2.75) is 52.2 Å². The Kier molecular flexibility index (Phi) is 6.34. The topological polar surface area (TPSA) is 80.5 Å². The number of aryl methyl sites for hydroxylation is 1. The maximum Gasteiger partial charge on any atom is 0.410 e. The lowest BCUT2D eigenvalue weighted by Gasteiger charge is -2.34. The van der Waals surface area contributed by atoms with Crippen molar-refractivity contribution < 1.29 is 18.3 Å². The highest BCUT2D eigenvalue weighted by molar-refractivity contribution is 5.99. The van der Waals surface area contributed by atoms with Crippen LogP contribution < -0.4 is 11.1 Å². The molecule has 34 heavy (non-hydrogen) atoms. The third kappa shape index (κ3) is 4.90. The van der Waals surface area contributed by atoms with E-state index in [1.54, 1.807) is 36.1 Å². The molecule has 8 heteroatoms. The summed E-state index contributed by atoms with van der Waals surface area (Å²) in [4.78, 5) is 18.1. The lowest BCUT2D eigenvalue weighted by molar-refractivity contribution is 0.0210. The monoisotopic (exact) mass is 468 g/mol. The van der Waals surface area contributed by atoms with E-state index in [2.05, 4.69) is 10.3 Å². The number of nitrogens with zero attached hydrogens (tertiary/aromatic N) is 2. The number of piperidine rings is 1. The lowest BCUT2D eigenvalue weighted by Crippen LogP contribution is -2.44. The number of fused-ring (bicyclic) bond motifs is 1. The van der Waals surface area contributed by atoms with Crippen molar-refractivity contribution in [3.63, 3.8) is 0 Å². The average molecular weight is 469 g/mol. The first-order chi connectivity index (χ1) is 16.0. The summed E-state index contributed by atoms with van der Waals surface area (Å²) in [5.41, 5.74) is 7.03. The van der Waals surface area contributed by atoms with Gasteiger partial charge < -0.3 is 20.7 Å². The maximum absolute atomic E-state index is 15.5. The molecule has 6 nitrogen and oxygen atoms in total. The van der Waals surface area contributed by atoms with Crippen LogP contribution in [0.3, 0.4) is 0 Å². The molecule has 4 rings (SSSR count). The summed E-state index contributed by atoms with van der Waals surface area (Å²) in [5, 5.41) is 4.33. The minimum atomic E-state index is -0.547. The van der Waals surface area contributed by atoms with Crippen LogP contribution in [0.15, 0.2) is 36.5 Å². The molecule has 0 saturated carbocycles. The highest BCUT2D eigenvalue weighted by Gasteiger charge is 2.27. The molecule has 0 bridgehead atoms. The van der Waals surface area contributed by atoms with Gasteiger partial charge >= 0.3 is 6.09 Å². The van der Waals surface area contributed by atoms with E-state index in [4.69, 9.17) is 10.5 Å². The van der Waals surface area contributed by atoms with Crippen LogP contribution in [0.1, 0.15) is 39.2 Å². The predicted molar refractivity (Wildman–Crippen MR) is 131 cm³/mol. The van der Waals surface area contributed by atoms with E-state index in [1.807, 2.05) is 20.8 Å². The molecule has 1 aliphatic heterocycles. The molecule has 1 saturated heterocycles. The fraction of sp³-hybridized carbons (Fsp3) is 0.385. The van der Waals surface area contributed by atoms with Gasteiger partial charge in [0, 0.05) is 52.9 Å². The van der Waals surface area contributed by atoms with Crippen molar-refractivity contribution in [1.82, 2.24) is 9.88 Å². The van der Waals surface area contributed by atoms with E-state index in [1.165, 1.54) is 12.3 Å². The highest BCUT2D eigenvalue weighted by Crippen LogP contribution is 2.38. The number of likely N-dealkylation sites (tertiary alicyclic amines) is 1. The van der Waals surface area contributed by atoms with E-state index in [0.29, 0.717) is 42.6 Å². The summed E-state index contributed by atoms with van der Waals surface area (Å²) in [7, 11) is 0.